The molecule has 0 bridgehead atoms. The highest BCUT2D eigenvalue weighted by Gasteiger charge is 2.05. The Morgan fingerprint density at radius 3 is 2.27 bits per heavy atom. The fourth-order valence-corrected chi connectivity index (χ4v) is 2.79. The van der Waals surface area contributed by atoms with Crippen LogP contribution in [0.15, 0.2) is 60.7 Å². The van der Waals surface area contributed by atoms with E-state index in [2.05, 4.69) is 25.3 Å². The Balaban J connectivity index is 1.63. The largest absolute Gasteiger partial charge is 0.465 e. The molecule has 2 N–H and O–H groups in total. The molecule has 0 aliphatic carbocycles. The molecule has 0 spiro atoms. The minimum atomic E-state index is -0.400. The van der Waals surface area contributed by atoms with Gasteiger partial charge in [0, 0.05) is 28.8 Å². The van der Waals surface area contributed by atoms with Crippen molar-refractivity contribution in [2.45, 2.75) is 13.8 Å². The van der Waals surface area contributed by atoms with Gasteiger partial charge in [-0.1, -0.05) is 18.2 Å². The molecule has 0 saturated heterocycles. The number of esters is 1. The first kappa shape index (κ1) is 20.7. The van der Waals surface area contributed by atoms with Crippen LogP contribution in [0.1, 0.15) is 27.3 Å². The van der Waals surface area contributed by atoms with Gasteiger partial charge in [0.1, 0.15) is 0 Å². The number of ether oxygens (including phenoxy) is 1. The van der Waals surface area contributed by atoms with E-state index in [-0.39, 0.29) is 5.91 Å². The van der Waals surface area contributed by atoms with Crippen LogP contribution in [0.5, 0.6) is 0 Å². The smallest absolute Gasteiger partial charge is 0.337 e. The summed E-state index contributed by atoms with van der Waals surface area (Å²) in [6.07, 6.45) is 3.10. The van der Waals surface area contributed by atoms with Gasteiger partial charge in [0.15, 0.2) is 0 Å². The summed E-state index contributed by atoms with van der Waals surface area (Å²) >= 11 is 0. The molecule has 7 nitrogen and oxygen atoms in total. The number of nitrogens with one attached hydrogen (secondary N) is 2. The van der Waals surface area contributed by atoms with E-state index in [9.17, 15) is 9.59 Å². The van der Waals surface area contributed by atoms with Gasteiger partial charge in [0.2, 0.25) is 11.9 Å². The molecule has 1 aromatic heterocycles. The second-order valence-electron chi connectivity index (χ2n) is 6.62. The summed E-state index contributed by atoms with van der Waals surface area (Å²) in [4.78, 5) is 32.4. The molecular weight excluding hydrogens is 380 g/mol. The van der Waals surface area contributed by atoms with Crippen molar-refractivity contribution < 1.29 is 14.3 Å². The number of aryl methyl sites for hydroxylation is 2. The Labute approximate surface area is 174 Å². The maximum Gasteiger partial charge on any atom is 0.337 e. The Kier molecular flexibility index (Phi) is 6.54. The summed E-state index contributed by atoms with van der Waals surface area (Å²) in [6, 6.07) is 16.0. The number of benzene rings is 2. The summed E-state index contributed by atoms with van der Waals surface area (Å²) in [5.41, 5.74) is 4.40. The molecule has 0 atom stereocenters. The lowest BCUT2D eigenvalue weighted by Gasteiger charge is -2.09. The van der Waals surface area contributed by atoms with Crippen LogP contribution in [0.4, 0.5) is 17.3 Å². The molecule has 30 heavy (non-hydrogen) atoms. The average Bonchev–Trinajstić information content (AvgIpc) is 2.71. The molecule has 0 aliphatic rings. The van der Waals surface area contributed by atoms with E-state index < -0.39 is 5.97 Å². The molecule has 2 aromatic carbocycles. The summed E-state index contributed by atoms with van der Waals surface area (Å²) in [5, 5.41) is 5.97. The molecule has 0 unspecified atom stereocenters. The SMILES string of the molecule is COC(=O)c1ccc(/C=C/C(=O)Nc2cccc(Nc3nc(C)cc(C)n3)c2)cc1. The summed E-state index contributed by atoms with van der Waals surface area (Å²) in [7, 11) is 1.33. The third-order valence-corrected chi connectivity index (χ3v) is 4.13. The zero-order valence-electron chi connectivity index (χ0n) is 17.0. The molecule has 7 heteroatoms. The van der Waals surface area contributed by atoms with E-state index in [0.29, 0.717) is 17.2 Å². The van der Waals surface area contributed by atoms with Gasteiger partial charge >= 0.3 is 5.97 Å². The van der Waals surface area contributed by atoms with Crippen molar-refractivity contribution >= 4 is 35.3 Å². The van der Waals surface area contributed by atoms with Crippen molar-refractivity contribution in [3.8, 4) is 0 Å². The molecular formula is C23H22N4O3. The van der Waals surface area contributed by atoms with E-state index >= 15 is 0 Å². The van der Waals surface area contributed by atoms with Crippen LogP contribution < -0.4 is 10.6 Å². The maximum atomic E-state index is 12.2. The van der Waals surface area contributed by atoms with Gasteiger partial charge < -0.3 is 15.4 Å². The number of hydrogen-bond donors (Lipinski definition) is 2. The van der Waals surface area contributed by atoms with Gasteiger partial charge in [-0.15, -0.1) is 0 Å². The number of hydrogen-bond acceptors (Lipinski definition) is 6. The van der Waals surface area contributed by atoms with Crippen molar-refractivity contribution in [2.75, 3.05) is 17.7 Å². The number of aromatic nitrogens is 2. The van der Waals surface area contributed by atoms with Crippen molar-refractivity contribution in [2.24, 2.45) is 0 Å². The van der Waals surface area contributed by atoms with E-state index in [1.54, 1.807) is 42.5 Å². The molecule has 0 saturated carbocycles. The lowest BCUT2D eigenvalue weighted by atomic mass is 10.1. The molecule has 0 fully saturated rings. The molecule has 0 radical (unpaired) electrons. The number of methoxy groups -OCH3 is 1. The number of nitrogens with zero attached hydrogens (tertiary/aromatic N) is 2. The van der Waals surface area contributed by atoms with Gasteiger partial charge in [-0.3, -0.25) is 4.79 Å². The number of carbonyl (C=O) groups is 2. The first-order valence-electron chi connectivity index (χ1n) is 9.30. The van der Waals surface area contributed by atoms with Gasteiger partial charge in [-0.25, -0.2) is 14.8 Å². The highest BCUT2D eigenvalue weighted by Crippen LogP contribution is 2.19. The van der Waals surface area contributed by atoms with Gasteiger partial charge in [-0.05, 0) is 61.9 Å². The molecule has 3 aromatic rings. The second-order valence-corrected chi connectivity index (χ2v) is 6.62. The number of amides is 1. The lowest BCUT2D eigenvalue weighted by molar-refractivity contribution is -0.111. The zero-order valence-corrected chi connectivity index (χ0v) is 17.0. The van der Waals surface area contributed by atoms with Crippen LogP contribution >= 0.6 is 0 Å². The van der Waals surface area contributed by atoms with Crippen molar-refractivity contribution in [1.82, 2.24) is 9.97 Å². The minimum Gasteiger partial charge on any atom is -0.465 e. The van der Waals surface area contributed by atoms with Crippen LogP contribution in [-0.4, -0.2) is 29.0 Å². The molecule has 3 rings (SSSR count). The first-order chi connectivity index (χ1) is 14.4. The topological polar surface area (TPSA) is 93.2 Å². The molecule has 1 heterocycles. The Morgan fingerprint density at radius 1 is 0.933 bits per heavy atom. The van der Waals surface area contributed by atoms with Crippen LogP contribution in [0.25, 0.3) is 6.08 Å². The third kappa shape index (κ3) is 5.75. The molecule has 1 amide bonds. The monoisotopic (exact) mass is 402 g/mol. The van der Waals surface area contributed by atoms with Crippen molar-refractivity contribution in [3.05, 3.63) is 83.2 Å². The minimum absolute atomic E-state index is 0.271. The van der Waals surface area contributed by atoms with Crippen molar-refractivity contribution in [3.63, 3.8) is 0 Å². The van der Waals surface area contributed by atoms with Crippen LogP contribution in [-0.2, 0) is 9.53 Å². The fourth-order valence-electron chi connectivity index (χ4n) is 2.79. The normalized spacial score (nSPS) is 10.6. The van der Waals surface area contributed by atoms with Gasteiger partial charge in [0.05, 0.1) is 12.7 Å². The molecule has 0 aliphatic heterocycles. The van der Waals surface area contributed by atoms with Crippen molar-refractivity contribution in [1.29, 1.82) is 0 Å². The van der Waals surface area contributed by atoms with E-state index in [1.807, 2.05) is 32.0 Å². The molecule has 152 valence electrons. The lowest BCUT2D eigenvalue weighted by Crippen LogP contribution is -2.08. The Bertz CT molecular complexity index is 1070. The van der Waals surface area contributed by atoms with E-state index in [0.717, 1.165) is 22.6 Å². The number of rotatable bonds is 6. The van der Waals surface area contributed by atoms with E-state index in [1.165, 1.54) is 13.2 Å². The summed E-state index contributed by atoms with van der Waals surface area (Å²) < 4.78 is 4.67. The summed E-state index contributed by atoms with van der Waals surface area (Å²) in [6.45, 7) is 3.82. The van der Waals surface area contributed by atoms with Gasteiger partial charge in [-0.2, -0.15) is 0 Å². The number of anilines is 3. The highest BCUT2D eigenvalue weighted by molar-refractivity contribution is 6.02. The highest BCUT2D eigenvalue weighted by atomic mass is 16.5. The average molecular weight is 402 g/mol. The predicted octanol–water partition coefficient (Wildman–Crippen LogP) is 4.28. The standard InChI is InChI=1S/C23H22N4O3/c1-15-13-16(2)25-23(24-15)27-20-6-4-5-19(14-20)26-21(28)12-9-17-7-10-18(11-8-17)22(29)30-3/h4-14H,1-3H3,(H,26,28)(H,24,25,27)/b12-9+. The van der Waals surface area contributed by atoms with Crippen LogP contribution in [0.3, 0.4) is 0 Å². The zero-order chi connectivity index (χ0) is 21.5. The third-order valence-electron chi connectivity index (χ3n) is 4.13. The quantitative estimate of drug-likeness (QED) is 0.472. The predicted molar refractivity (Wildman–Crippen MR) is 117 cm³/mol. The Hall–Kier alpha value is -4.00. The van der Waals surface area contributed by atoms with E-state index in [4.69, 9.17) is 0 Å². The summed E-state index contributed by atoms with van der Waals surface area (Å²) in [5.74, 6) is -0.166. The number of carbonyl (C=O) groups excluding carboxylic acids is 2. The van der Waals surface area contributed by atoms with Gasteiger partial charge in [0.25, 0.3) is 0 Å². The van der Waals surface area contributed by atoms with Crippen LogP contribution in [0, 0.1) is 13.8 Å². The second kappa shape index (κ2) is 9.47. The van der Waals surface area contributed by atoms with Crippen LogP contribution in [0.2, 0.25) is 0 Å². The Morgan fingerprint density at radius 2 is 1.60 bits per heavy atom. The maximum absolute atomic E-state index is 12.2. The fraction of sp³-hybridized carbons (Fsp3) is 0.130. The first-order valence-corrected chi connectivity index (χ1v) is 9.30.